The molecule has 1 aliphatic rings. The van der Waals surface area contributed by atoms with Gasteiger partial charge in [0.15, 0.2) is 11.5 Å². The van der Waals surface area contributed by atoms with E-state index in [1.165, 1.54) is 0 Å². The Morgan fingerprint density at radius 3 is 2.42 bits per heavy atom. The number of hydrogen-bond acceptors (Lipinski definition) is 5. The summed E-state index contributed by atoms with van der Waals surface area (Å²) in [6.07, 6.45) is 1.87. The van der Waals surface area contributed by atoms with Crippen molar-refractivity contribution in [3.05, 3.63) is 53.6 Å². The highest BCUT2D eigenvalue weighted by Crippen LogP contribution is 2.40. The molecule has 0 fully saturated rings. The molecule has 1 heterocycles. The highest BCUT2D eigenvalue weighted by molar-refractivity contribution is 6.31. The average molecular weight is 349 g/mol. The molecular weight excluding hydrogens is 330 g/mol. The smallest absolute Gasteiger partial charge is 0.256 e. The lowest BCUT2D eigenvalue weighted by atomic mass is 10.0. The van der Waals surface area contributed by atoms with E-state index in [2.05, 4.69) is 16.7 Å². The van der Waals surface area contributed by atoms with Crippen LogP contribution >= 0.6 is 0 Å². The van der Waals surface area contributed by atoms with E-state index in [0.717, 1.165) is 11.3 Å². The molecule has 1 unspecified atom stereocenters. The fourth-order valence-corrected chi connectivity index (χ4v) is 2.88. The predicted octanol–water partition coefficient (Wildman–Crippen LogP) is 3.41. The molecule has 2 aromatic rings. The first-order valence-corrected chi connectivity index (χ1v) is 8.12. The second-order valence-electron chi connectivity index (χ2n) is 5.91. The third-order valence-corrected chi connectivity index (χ3v) is 4.13. The Morgan fingerprint density at radius 1 is 1.15 bits per heavy atom. The minimum Gasteiger partial charge on any atom is -0.493 e. The van der Waals surface area contributed by atoms with Gasteiger partial charge in [0.05, 0.1) is 31.5 Å². The Labute approximate surface area is 152 Å². The highest BCUT2D eigenvalue weighted by atomic mass is 16.5. The van der Waals surface area contributed by atoms with Crippen molar-refractivity contribution in [2.75, 3.05) is 24.9 Å². The van der Waals surface area contributed by atoms with Gasteiger partial charge in [-0.05, 0) is 43.3 Å². The SMILES string of the molecule is COc1cc2c(cc1OC)C(=CC(C)Nc1ccc(C#N)cc1)C(=O)N2. The first-order valence-electron chi connectivity index (χ1n) is 8.12. The zero-order valence-electron chi connectivity index (χ0n) is 14.8. The molecule has 0 bridgehead atoms. The number of ether oxygens (including phenoxy) is 2. The van der Waals surface area contributed by atoms with Crippen molar-refractivity contribution in [2.45, 2.75) is 13.0 Å². The number of nitrogens with one attached hydrogen (secondary N) is 2. The largest absolute Gasteiger partial charge is 0.493 e. The van der Waals surface area contributed by atoms with Gasteiger partial charge in [-0.25, -0.2) is 0 Å². The van der Waals surface area contributed by atoms with Crippen LogP contribution in [0.2, 0.25) is 0 Å². The van der Waals surface area contributed by atoms with Crippen LogP contribution in [0.15, 0.2) is 42.5 Å². The summed E-state index contributed by atoms with van der Waals surface area (Å²) in [6.45, 7) is 1.96. The second kappa shape index (κ2) is 7.19. The van der Waals surface area contributed by atoms with Crippen LogP contribution in [0.3, 0.4) is 0 Å². The van der Waals surface area contributed by atoms with E-state index in [1.807, 2.05) is 25.1 Å². The van der Waals surface area contributed by atoms with Crippen LogP contribution in [0, 0.1) is 11.3 Å². The molecule has 132 valence electrons. The van der Waals surface area contributed by atoms with E-state index in [9.17, 15) is 4.79 Å². The van der Waals surface area contributed by atoms with Crippen molar-refractivity contribution in [3.8, 4) is 17.6 Å². The molecule has 3 rings (SSSR count). The van der Waals surface area contributed by atoms with E-state index in [1.54, 1.807) is 38.5 Å². The molecule has 0 spiro atoms. The second-order valence-corrected chi connectivity index (χ2v) is 5.91. The number of rotatable bonds is 5. The number of hydrogen-bond donors (Lipinski definition) is 2. The molecule has 0 saturated heterocycles. The topological polar surface area (TPSA) is 83.4 Å². The fourth-order valence-electron chi connectivity index (χ4n) is 2.88. The summed E-state index contributed by atoms with van der Waals surface area (Å²) >= 11 is 0. The number of carbonyl (C=O) groups is 1. The Bertz CT molecular complexity index is 911. The van der Waals surface area contributed by atoms with Crippen molar-refractivity contribution in [1.29, 1.82) is 5.26 Å². The third kappa shape index (κ3) is 3.33. The minimum absolute atomic E-state index is 0.0947. The number of nitriles is 1. The maximum absolute atomic E-state index is 12.4. The van der Waals surface area contributed by atoms with Crippen LogP contribution in [0.5, 0.6) is 11.5 Å². The van der Waals surface area contributed by atoms with Crippen LogP contribution in [-0.2, 0) is 4.79 Å². The number of methoxy groups -OCH3 is 2. The standard InChI is InChI=1S/C20H19N3O3/c1-12(22-14-6-4-13(11-21)5-7-14)8-16-15-9-18(25-2)19(26-3)10-17(15)23-20(16)24/h4-10,12,22H,1-3H3,(H,23,24). The molecule has 2 aromatic carbocycles. The third-order valence-electron chi connectivity index (χ3n) is 4.13. The summed E-state index contributed by atoms with van der Waals surface area (Å²) in [5.41, 5.74) is 3.53. The molecule has 2 N–H and O–H groups in total. The summed E-state index contributed by atoms with van der Waals surface area (Å²) < 4.78 is 10.6. The molecule has 6 heteroatoms. The number of nitrogens with zero attached hydrogens (tertiary/aromatic N) is 1. The Hall–Kier alpha value is -3.46. The predicted molar refractivity (Wildman–Crippen MR) is 100 cm³/mol. The van der Waals surface area contributed by atoms with Crippen molar-refractivity contribution in [1.82, 2.24) is 0 Å². The zero-order chi connectivity index (χ0) is 18.7. The van der Waals surface area contributed by atoms with Crippen LogP contribution in [0.25, 0.3) is 5.57 Å². The van der Waals surface area contributed by atoms with Crippen molar-refractivity contribution >= 4 is 22.9 Å². The van der Waals surface area contributed by atoms with Gasteiger partial charge in [-0.1, -0.05) is 0 Å². The molecule has 0 aromatic heterocycles. The minimum atomic E-state index is -0.163. The quantitative estimate of drug-likeness (QED) is 0.808. The Morgan fingerprint density at radius 2 is 1.81 bits per heavy atom. The molecule has 0 aliphatic carbocycles. The van der Waals surface area contributed by atoms with E-state index >= 15 is 0 Å². The maximum atomic E-state index is 12.4. The molecule has 26 heavy (non-hydrogen) atoms. The van der Waals surface area contributed by atoms with Gasteiger partial charge >= 0.3 is 0 Å². The first kappa shape index (κ1) is 17.4. The van der Waals surface area contributed by atoms with Crippen LogP contribution in [0.4, 0.5) is 11.4 Å². The van der Waals surface area contributed by atoms with Gasteiger partial charge < -0.3 is 20.1 Å². The number of fused-ring (bicyclic) bond motifs is 1. The summed E-state index contributed by atoms with van der Waals surface area (Å²) in [5.74, 6) is 0.974. The first-order chi connectivity index (χ1) is 12.5. The van der Waals surface area contributed by atoms with E-state index in [0.29, 0.717) is 28.3 Å². The summed E-state index contributed by atoms with van der Waals surface area (Å²) in [4.78, 5) is 12.4. The molecule has 6 nitrogen and oxygen atoms in total. The lowest BCUT2D eigenvalue weighted by Gasteiger charge is -2.13. The van der Waals surface area contributed by atoms with Crippen molar-refractivity contribution in [3.63, 3.8) is 0 Å². The lowest BCUT2D eigenvalue weighted by Crippen LogP contribution is -2.14. The lowest BCUT2D eigenvalue weighted by molar-refractivity contribution is -0.110. The molecule has 1 atom stereocenters. The zero-order valence-corrected chi connectivity index (χ0v) is 14.8. The summed E-state index contributed by atoms with van der Waals surface area (Å²) in [6, 6.07) is 12.7. The van der Waals surface area contributed by atoms with E-state index in [4.69, 9.17) is 14.7 Å². The number of amides is 1. The number of carbonyl (C=O) groups excluding carboxylic acids is 1. The highest BCUT2D eigenvalue weighted by Gasteiger charge is 2.27. The van der Waals surface area contributed by atoms with Gasteiger partial charge in [-0.15, -0.1) is 0 Å². The van der Waals surface area contributed by atoms with E-state index < -0.39 is 0 Å². The Kier molecular flexibility index (Phi) is 4.81. The van der Waals surface area contributed by atoms with Gasteiger partial charge in [0.2, 0.25) is 0 Å². The number of anilines is 2. The van der Waals surface area contributed by atoms with Gasteiger partial charge in [-0.2, -0.15) is 5.26 Å². The molecule has 1 amide bonds. The molecule has 0 radical (unpaired) electrons. The van der Waals surface area contributed by atoms with Gasteiger partial charge in [-0.3, -0.25) is 4.79 Å². The molecule has 0 saturated carbocycles. The fraction of sp³-hybridized carbons (Fsp3) is 0.200. The maximum Gasteiger partial charge on any atom is 0.256 e. The molecular formula is C20H19N3O3. The molecule has 1 aliphatic heterocycles. The average Bonchev–Trinajstić information content (AvgIpc) is 2.95. The summed E-state index contributed by atoms with van der Waals surface area (Å²) in [7, 11) is 3.12. The van der Waals surface area contributed by atoms with E-state index in [-0.39, 0.29) is 11.9 Å². The normalized spacial score (nSPS) is 15.0. The number of benzene rings is 2. The van der Waals surface area contributed by atoms with Gasteiger partial charge in [0.25, 0.3) is 5.91 Å². The van der Waals surface area contributed by atoms with Crippen LogP contribution < -0.4 is 20.1 Å². The van der Waals surface area contributed by atoms with Crippen LogP contribution in [0.1, 0.15) is 18.1 Å². The van der Waals surface area contributed by atoms with Crippen molar-refractivity contribution in [2.24, 2.45) is 0 Å². The van der Waals surface area contributed by atoms with Crippen molar-refractivity contribution < 1.29 is 14.3 Å². The summed E-state index contributed by atoms with van der Waals surface area (Å²) in [5, 5.41) is 15.0. The Balaban J connectivity index is 1.87. The van der Waals surface area contributed by atoms with Crippen LogP contribution in [-0.4, -0.2) is 26.2 Å². The monoisotopic (exact) mass is 349 g/mol. The van der Waals surface area contributed by atoms with Gasteiger partial charge in [0, 0.05) is 28.9 Å². The van der Waals surface area contributed by atoms with Gasteiger partial charge in [0.1, 0.15) is 0 Å².